The van der Waals surface area contributed by atoms with E-state index in [-0.39, 0.29) is 0 Å². The maximum absolute atomic E-state index is 11.6. The highest BCUT2D eigenvalue weighted by atomic mass is 32.2. The first-order valence-corrected chi connectivity index (χ1v) is 6.63. The highest BCUT2D eigenvalue weighted by Crippen LogP contribution is 2.32. The molecule has 0 aromatic carbocycles. The van der Waals surface area contributed by atoms with E-state index in [9.17, 15) is 8.42 Å². The number of nitrogen functional groups attached to an aromatic ring is 1. The number of hydrogen-bond donors (Lipinski definition) is 2. The fourth-order valence-electron chi connectivity index (χ4n) is 1.42. The Morgan fingerprint density at radius 2 is 2.00 bits per heavy atom. The molecular weight excluding hydrogens is 214 g/mol. The van der Waals surface area contributed by atoms with Crippen molar-refractivity contribution in [3.05, 3.63) is 11.3 Å². The minimum absolute atomic E-state index is 0.379. The maximum atomic E-state index is 11.6. The molecule has 0 saturated carbocycles. The molecule has 1 heterocycles. The molecule has 0 atom stereocenters. The minimum atomic E-state index is -3.20. The molecular formula is C9H17N3O2S. The van der Waals surface area contributed by atoms with Gasteiger partial charge in [-0.3, -0.25) is 5.10 Å². The van der Waals surface area contributed by atoms with Crippen LogP contribution < -0.4 is 5.73 Å². The van der Waals surface area contributed by atoms with Gasteiger partial charge in [-0.25, -0.2) is 8.42 Å². The lowest BCUT2D eigenvalue weighted by Gasteiger charge is -2.22. The van der Waals surface area contributed by atoms with Gasteiger partial charge in [-0.2, -0.15) is 5.10 Å². The summed E-state index contributed by atoms with van der Waals surface area (Å²) in [5, 5.41) is 6.57. The summed E-state index contributed by atoms with van der Waals surface area (Å²) in [6, 6.07) is 0. The van der Waals surface area contributed by atoms with Gasteiger partial charge in [0.2, 0.25) is 0 Å². The van der Waals surface area contributed by atoms with Crippen molar-refractivity contribution in [1.82, 2.24) is 10.2 Å². The summed E-state index contributed by atoms with van der Waals surface area (Å²) in [5.41, 5.74) is 7.03. The summed E-state index contributed by atoms with van der Waals surface area (Å²) >= 11 is 0. The molecule has 0 bridgehead atoms. The monoisotopic (exact) mass is 231 g/mol. The second kappa shape index (κ2) is 3.52. The molecule has 0 fully saturated rings. The van der Waals surface area contributed by atoms with Crippen LogP contribution in [0.2, 0.25) is 0 Å². The molecule has 0 unspecified atom stereocenters. The first-order valence-electron chi connectivity index (χ1n) is 4.74. The lowest BCUT2D eigenvalue weighted by Crippen LogP contribution is -2.29. The number of aromatic amines is 1. The van der Waals surface area contributed by atoms with Crippen molar-refractivity contribution >= 4 is 15.7 Å². The zero-order valence-corrected chi connectivity index (χ0v) is 10.3. The van der Waals surface area contributed by atoms with Gasteiger partial charge in [0, 0.05) is 11.8 Å². The fourth-order valence-corrected chi connectivity index (χ4v) is 1.96. The topological polar surface area (TPSA) is 88.8 Å². The van der Waals surface area contributed by atoms with E-state index >= 15 is 0 Å². The average molecular weight is 231 g/mol. The number of anilines is 1. The lowest BCUT2D eigenvalue weighted by molar-refractivity contribution is 0.554. The Kier molecular flexibility index (Phi) is 2.82. The molecule has 0 aliphatic rings. The molecule has 86 valence electrons. The lowest BCUT2D eigenvalue weighted by atomic mass is 10.0. The normalized spacial score (nSPS) is 13.1. The first kappa shape index (κ1) is 12.0. The van der Waals surface area contributed by atoms with Crippen molar-refractivity contribution in [2.24, 2.45) is 0 Å². The summed E-state index contributed by atoms with van der Waals surface area (Å²) < 4.78 is 22.3. The van der Waals surface area contributed by atoms with Gasteiger partial charge < -0.3 is 5.73 Å². The van der Waals surface area contributed by atoms with Crippen molar-refractivity contribution in [3.63, 3.8) is 0 Å². The van der Waals surface area contributed by atoms with Crippen LogP contribution in [0, 0.1) is 0 Å². The van der Waals surface area contributed by atoms with Crippen molar-refractivity contribution in [3.8, 4) is 0 Å². The maximum Gasteiger partial charge on any atom is 0.158 e. The number of hydrogen-bond acceptors (Lipinski definition) is 4. The van der Waals surface area contributed by atoms with Crippen LogP contribution in [0.25, 0.3) is 0 Å². The van der Waals surface area contributed by atoms with Gasteiger partial charge in [-0.1, -0.05) is 6.92 Å². The Labute approximate surface area is 90.0 Å². The molecule has 1 rings (SSSR count). The Morgan fingerprint density at radius 3 is 2.40 bits per heavy atom. The SMILES string of the molecule is CCc1c(N)n[nH]c1C(C)(C)S(C)(=O)=O. The summed E-state index contributed by atoms with van der Waals surface area (Å²) in [5.74, 6) is 0.379. The van der Waals surface area contributed by atoms with Gasteiger partial charge in [-0.15, -0.1) is 0 Å². The quantitative estimate of drug-likeness (QED) is 0.806. The number of rotatable bonds is 3. The van der Waals surface area contributed by atoms with E-state index in [0.29, 0.717) is 17.9 Å². The fraction of sp³-hybridized carbons (Fsp3) is 0.667. The molecule has 0 aliphatic carbocycles. The second-order valence-electron chi connectivity index (χ2n) is 4.10. The van der Waals surface area contributed by atoms with Gasteiger partial charge in [0.1, 0.15) is 10.6 Å². The smallest absolute Gasteiger partial charge is 0.158 e. The van der Waals surface area contributed by atoms with Crippen LogP contribution >= 0.6 is 0 Å². The summed E-state index contributed by atoms with van der Waals surface area (Å²) in [6.07, 6.45) is 1.88. The van der Waals surface area contributed by atoms with Gasteiger partial charge in [0.25, 0.3) is 0 Å². The van der Waals surface area contributed by atoms with Crippen LogP contribution in [0.5, 0.6) is 0 Å². The number of nitrogens with zero attached hydrogens (tertiary/aromatic N) is 1. The number of H-pyrrole nitrogens is 1. The van der Waals surface area contributed by atoms with E-state index < -0.39 is 14.6 Å². The van der Waals surface area contributed by atoms with E-state index in [1.165, 1.54) is 6.26 Å². The van der Waals surface area contributed by atoms with E-state index in [1.807, 2.05) is 6.92 Å². The van der Waals surface area contributed by atoms with Crippen molar-refractivity contribution < 1.29 is 8.42 Å². The molecule has 0 spiro atoms. The van der Waals surface area contributed by atoms with Crippen molar-refractivity contribution in [1.29, 1.82) is 0 Å². The third-order valence-corrected chi connectivity index (χ3v) is 4.84. The van der Waals surface area contributed by atoms with Gasteiger partial charge in [0.15, 0.2) is 9.84 Å². The number of aromatic nitrogens is 2. The van der Waals surface area contributed by atoms with Crippen LogP contribution in [0.15, 0.2) is 0 Å². The van der Waals surface area contributed by atoms with E-state index in [2.05, 4.69) is 10.2 Å². The second-order valence-corrected chi connectivity index (χ2v) is 6.66. The molecule has 6 heteroatoms. The molecule has 0 saturated heterocycles. The molecule has 0 aliphatic heterocycles. The highest BCUT2D eigenvalue weighted by molar-refractivity contribution is 7.91. The van der Waals surface area contributed by atoms with Crippen LogP contribution in [0.3, 0.4) is 0 Å². The Hall–Kier alpha value is -1.04. The minimum Gasteiger partial charge on any atom is -0.382 e. The molecule has 0 radical (unpaired) electrons. The van der Waals surface area contributed by atoms with Crippen molar-refractivity contribution in [2.45, 2.75) is 31.9 Å². The Bertz CT molecular complexity index is 460. The predicted molar refractivity (Wildman–Crippen MR) is 60.2 cm³/mol. The molecule has 1 aromatic rings. The summed E-state index contributed by atoms with van der Waals surface area (Å²) in [6.45, 7) is 5.21. The molecule has 15 heavy (non-hydrogen) atoms. The molecule has 5 nitrogen and oxygen atoms in total. The summed E-state index contributed by atoms with van der Waals surface area (Å²) in [7, 11) is -3.20. The predicted octanol–water partition coefficient (Wildman–Crippen LogP) is 0.834. The first-order chi connectivity index (χ1) is 6.71. The third-order valence-electron chi connectivity index (χ3n) is 2.78. The Balaban J connectivity index is 3.40. The third kappa shape index (κ3) is 1.86. The van der Waals surface area contributed by atoms with E-state index in [4.69, 9.17) is 5.73 Å². The number of nitrogens with one attached hydrogen (secondary N) is 1. The average Bonchev–Trinajstić information content (AvgIpc) is 2.44. The molecule has 1 aromatic heterocycles. The van der Waals surface area contributed by atoms with E-state index in [1.54, 1.807) is 13.8 Å². The van der Waals surface area contributed by atoms with E-state index in [0.717, 1.165) is 5.56 Å². The molecule has 0 amide bonds. The molecule has 3 N–H and O–H groups in total. The van der Waals surface area contributed by atoms with Crippen LogP contribution in [-0.2, 0) is 21.0 Å². The number of nitrogens with two attached hydrogens (primary N) is 1. The van der Waals surface area contributed by atoms with Crippen LogP contribution in [0.4, 0.5) is 5.82 Å². The standard InChI is InChI=1S/C9H17N3O2S/c1-5-6-7(11-12-8(6)10)9(2,3)15(4,13)14/h5H2,1-4H3,(H3,10,11,12). The van der Waals surface area contributed by atoms with Gasteiger partial charge in [0.05, 0.1) is 5.69 Å². The van der Waals surface area contributed by atoms with Crippen molar-refractivity contribution in [2.75, 3.05) is 12.0 Å². The highest BCUT2D eigenvalue weighted by Gasteiger charge is 2.36. The summed E-state index contributed by atoms with van der Waals surface area (Å²) in [4.78, 5) is 0. The zero-order valence-electron chi connectivity index (χ0n) is 9.46. The number of sulfone groups is 1. The van der Waals surface area contributed by atoms with Gasteiger partial charge in [-0.05, 0) is 20.3 Å². The van der Waals surface area contributed by atoms with Gasteiger partial charge >= 0.3 is 0 Å². The zero-order chi connectivity index (χ0) is 11.9. The van der Waals surface area contributed by atoms with Crippen LogP contribution in [-0.4, -0.2) is 24.9 Å². The largest absolute Gasteiger partial charge is 0.382 e. The Morgan fingerprint density at radius 1 is 1.47 bits per heavy atom. The van der Waals surface area contributed by atoms with Crippen LogP contribution in [0.1, 0.15) is 32.0 Å².